The Labute approximate surface area is 238 Å². The number of aromatic hydroxyl groups is 1. The Hall–Kier alpha value is -3.40. The minimum atomic E-state index is -4.35. The normalized spacial score (nSPS) is 11.9. The highest BCUT2D eigenvalue weighted by molar-refractivity contribution is 9.11. The highest BCUT2D eigenvalue weighted by atomic mass is 79.9. The lowest BCUT2D eigenvalue weighted by Crippen LogP contribution is -2.12. The van der Waals surface area contributed by atoms with E-state index in [1.165, 1.54) is 10.4 Å². The van der Waals surface area contributed by atoms with E-state index in [-0.39, 0.29) is 16.6 Å². The van der Waals surface area contributed by atoms with Crippen molar-refractivity contribution in [2.45, 2.75) is 38.5 Å². The van der Waals surface area contributed by atoms with Gasteiger partial charge in [-0.25, -0.2) is 4.79 Å². The standard InChI is InChI=1S/C30H25BrO6S2/c1-15(2)23-13-18(9-12-25(23)37-39(35,36)19-10-11-22(30(33)34)24(32)14-19)27-20-7-5-6-8-21(20)28(31)29-26(27)16(3)17(4)38-29/h5-15,32H,1-4H3,(H,33,34). The van der Waals surface area contributed by atoms with Crippen molar-refractivity contribution in [3.05, 3.63) is 86.7 Å². The van der Waals surface area contributed by atoms with Gasteiger partial charge in [0.05, 0.1) is 4.70 Å². The molecule has 0 radical (unpaired) electrons. The van der Waals surface area contributed by atoms with E-state index in [2.05, 4.69) is 41.9 Å². The topological polar surface area (TPSA) is 101 Å². The van der Waals surface area contributed by atoms with Gasteiger partial charge in [0.1, 0.15) is 22.0 Å². The van der Waals surface area contributed by atoms with E-state index in [1.807, 2.05) is 38.1 Å². The third-order valence-corrected chi connectivity index (χ3v) is 10.4. The summed E-state index contributed by atoms with van der Waals surface area (Å²) in [6.07, 6.45) is 0. The molecule has 9 heteroatoms. The first-order chi connectivity index (χ1) is 18.4. The molecule has 0 saturated heterocycles. The van der Waals surface area contributed by atoms with Crippen molar-refractivity contribution in [2.75, 3.05) is 0 Å². The van der Waals surface area contributed by atoms with Crippen molar-refractivity contribution < 1.29 is 27.6 Å². The van der Waals surface area contributed by atoms with Crippen molar-refractivity contribution in [3.8, 4) is 22.6 Å². The van der Waals surface area contributed by atoms with Crippen LogP contribution in [0.5, 0.6) is 11.5 Å². The quantitative estimate of drug-likeness (QED) is 0.184. The molecule has 1 heterocycles. The monoisotopic (exact) mass is 624 g/mol. The number of halogens is 1. The predicted octanol–water partition coefficient (Wildman–Crippen LogP) is 8.40. The second kappa shape index (κ2) is 9.97. The SMILES string of the molecule is Cc1sc2c(Br)c3ccccc3c(-c3ccc(OS(=O)(=O)c4ccc(C(=O)O)c(O)c4)c(C(C)C)c3)c2c1C. The molecule has 0 aliphatic rings. The molecule has 0 aliphatic heterocycles. The number of thiophene rings is 1. The molecule has 6 nitrogen and oxygen atoms in total. The Morgan fingerprint density at radius 1 is 1.00 bits per heavy atom. The number of hydrogen-bond donors (Lipinski definition) is 2. The van der Waals surface area contributed by atoms with Gasteiger partial charge >= 0.3 is 16.1 Å². The number of fused-ring (bicyclic) bond motifs is 2. The predicted molar refractivity (Wildman–Crippen MR) is 159 cm³/mol. The van der Waals surface area contributed by atoms with Gasteiger partial charge in [0.25, 0.3) is 0 Å². The van der Waals surface area contributed by atoms with Gasteiger partial charge in [0, 0.05) is 20.8 Å². The number of rotatable bonds is 6. The minimum absolute atomic E-state index is 0.0690. The first-order valence-electron chi connectivity index (χ1n) is 12.2. The van der Waals surface area contributed by atoms with E-state index in [9.17, 15) is 18.3 Å². The van der Waals surface area contributed by atoms with E-state index in [1.54, 1.807) is 17.4 Å². The minimum Gasteiger partial charge on any atom is -0.507 e. The maximum Gasteiger partial charge on any atom is 0.339 e. The molecule has 0 amide bonds. The summed E-state index contributed by atoms with van der Waals surface area (Å²) in [5.41, 5.74) is 3.54. The van der Waals surface area contributed by atoms with Crippen molar-refractivity contribution in [1.29, 1.82) is 0 Å². The van der Waals surface area contributed by atoms with E-state index in [4.69, 9.17) is 9.29 Å². The smallest absolute Gasteiger partial charge is 0.339 e. The molecule has 0 fully saturated rings. The summed E-state index contributed by atoms with van der Waals surface area (Å²) >= 11 is 5.58. The Morgan fingerprint density at radius 2 is 1.69 bits per heavy atom. The van der Waals surface area contributed by atoms with Gasteiger partial charge in [-0.2, -0.15) is 8.42 Å². The zero-order valence-electron chi connectivity index (χ0n) is 21.6. The van der Waals surface area contributed by atoms with Crippen LogP contribution in [0, 0.1) is 13.8 Å². The summed E-state index contributed by atoms with van der Waals surface area (Å²) in [7, 11) is -4.35. The van der Waals surface area contributed by atoms with Crippen molar-refractivity contribution >= 4 is 64.2 Å². The summed E-state index contributed by atoms with van der Waals surface area (Å²) in [6, 6.07) is 16.7. The number of carboxylic acids is 1. The van der Waals surface area contributed by atoms with Gasteiger partial charge in [0.2, 0.25) is 0 Å². The maximum atomic E-state index is 13.1. The van der Waals surface area contributed by atoms with Gasteiger partial charge in [-0.15, -0.1) is 11.3 Å². The zero-order valence-corrected chi connectivity index (χ0v) is 24.8. The van der Waals surface area contributed by atoms with Crippen LogP contribution in [-0.2, 0) is 10.1 Å². The number of benzene rings is 4. The summed E-state index contributed by atoms with van der Waals surface area (Å²) in [5.74, 6) is -1.91. The van der Waals surface area contributed by atoms with Crippen LogP contribution in [0.15, 0.2) is 70.0 Å². The molecule has 0 spiro atoms. The first-order valence-corrected chi connectivity index (χ1v) is 15.2. The van der Waals surface area contributed by atoms with Gasteiger partial charge in [-0.05, 0) is 93.0 Å². The van der Waals surface area contributed by atoms with Gasteiger partial charge in [-0.1, -0.05) is 44.2 Å². The zero-order chi connectivity index (χ0) is 28.2. The van der Waals surface area contributed by atoms with Crippen LogP contribution in [0.3, 0.4) is 0 Å². The second-order valence-electron chi connectivity index (χ2n) is 9.65. The van der Waals surface area contributed by atoms with Crippen LogP contribution in [0.2, 0.25) is 0 Å². The van der Waals surface area contributed by atoms with Gasteiger partial charge in [-0.3, -0.25) is 0 Å². The first kappa shape index (κ1) is 27.2. The lowest BCUT2D eigenvalue weighted by Gasteiger charge is -2.18. The summed E-state index contributed by atoms with van der Waals surface area (Å²) < 4.78 is 34.0. The van der Waals surface area contributed by atoms with Crippen molar-refractivity contribution in [2.24, 2.45) is 0 Å². The van der Waals surface area contributed by atoms with Crippen LogP contribution in [0.1, 0.15) is 46.1 Å². The molecule has 5 aromatic rings. The van der Waals surface area contributed by atoms with Crippen LogP contribution >= 0.6 is 27.3 Å². The van der Waals surface area contributed by atoms with Crippen molar-refractivity contribution in [1.82, 2.24) is 0 Å². The summed E-state index contributed by atoms with van der Waals surface area (Å²) in [6.45, 7) is 8.16. The molecule has 0 aliphatic carbocycles. The number of aromatic carboxylic acids is 1. The fraction of sp³-hybridized carbons (Fsp3) is 0.167. The third-order valence-electron chi connectivity index (χ3n) is 6.88. The van der Waals surface area contributed by atoms with Gasteiger partial charge < -0.3 is 14.4 Å². The number of aryl methyl sites for hydroxylation is 2. The third kappa shape index (κ3) is 4.68. The Morgan fingerprint density at radius 3 is 2.33 bits per heavy atom. The number of carbonyl (C=O) groups is 1. The molecule has 5 rings (SSSR count). The number of phenols is 1. The fourth-order valence-electron chi connectivity index (χ4n) is 4.78. The average Bonchev–Trinajstić information content (AvgIpc) is 3.18. The number of carboxylic acid groups (broad SMARTS) is 1. The highest BCUT2D eigenvalue weighted by Gasteiger charge is 2.24. The van der Waals surface area contributed by atoms with E-state index < -0.39 is 27.4 Å². The lowest BCUT2D eigenvalue weighted by atomic mass is 9.90. The summed E-state index contributed by atoms with van der Waals surface area (Å²) in [5, 5.41) is 22.5. The maximum absolute atomic E-state index is 13.1. The largest absolute Gasteiger partial charge is 0.507 e. The second-order valence-corrected chi connectivity index (χ2v) is 13.2. The van der Waals surface area contributed by atoms with E-state index in [0.29, 0.717) is 5.56 Å². The van der Waals surface area contributed by atoms with Crippen molar-refractivity contribution in [3.63, 3.8) is 0 Å². The molecule has 4 aromatic carbocycles. The summed E-state index contributed by atoms with van der Waals surface area (Å²) in [4.78, 5) is 12.1. The molecule has 0 saturated carbocycles. The van der Waals surface area contributed by atoms with E-state index >= 15 is 0 Å². The average molecular weight is 626 g/mol. The Balaban J connectivity index is 1.67. The molecular weight excluding hydrogens is 600 g/mol. The molecule has 1 aromatic heterocycles. The molecule has 0 unspecified atom stereocenters. The highest BCUT2D eigenvalue weighted by Crippen LogP contribution is 2.48. The molecule has 0 bridgehead atoms. The number of hydrogen-bond acceptors (Lipinski definition) is 6. The van der Waals surface area contributed by atoms with E-state index in [0.717, 1.165) is 54.7 Å². The fourth-order valence-corrected chi connectivity index (χ4v) is 7.66. The molecule has 39 heavy (non-hydrogen) atoms. The Kier molecular flexibility index (Phi) is 6.95. The molecular formula is C30H25BrO6S2. The van der Waals surface area contributed by atoms with Crippen LogP contribution < -0.4 is 4.18 Å². The molecule has 0 atom stereocenters. The van der Waals surface area contributed by atoms with Crippen LogP contribution in [0.4, 0.5) is 0 Å². The van der Waals surface area contributed by atoms with Gasteiger partial charge in [0.15, 0.2) is 0 Å². The molecule has 200 valence electrons. The molecule has 2 N–H and O–H groups in total. The Bertz CT molecular complexity index is 1900. The van der Waals surface area contributed by atoms with Crippen LogP contribution in [0.25, 0.3) is 32.0 Å². The van der Waals surface area contributed by atoms with Crippen LogP contribution in [-0.4, -0.2) is 24.6 Å². The lowest BCUT2D eigenvalue weighted by molar-refractivity contribution is 0.0693.